The van der Waals surface area contributed by atoms with Gasteiger partial charge in [-0.3, -0.25) is 0 Å². The molecule has 0 bridgehead atoms. The zero-order valence-corrected chi connectivity index (χ0v) is 16.6. The van der Waals surface area contributed by atoms with Crippen molar-refractivity contribution >= 4 is 0 Å². The fourth-order valence-electron chi connectivity index (χ4n) is 3.83. The molecular formula is C27H24O2. The molecule has 0 aliphatic heterocycles. The summed E-state index contributed by atoms with van der Waals surface area (Å²) >= 11 is 0. The largest absolute Gasteiger partial charge is 0.508 e. The van der Waals surface area contributed by atoms with Crippen molar-refractivity contribution in [1.29, 1.82) is 0 Å². The van der Waals surface area contributed by atoms with Gasteiger partial charge < -0.3 is 10.2 Å². The lowest BCUT2D eigenvalue weighted by Crippen LogP contribution is -2.25. The highest BCUT2D eigenvalue weighted by atomic mass is 16.3. The van der Waals surface area contributed by atoms with Crippen LogP contribution in [0.1, 0.15) is 29.2 Å². The Balaban J connectivity index is 1.81. The van der Waals surface area contributed by atoms with Crippen LogP contribution in [0.4, 0.5) is 0 Å². The SMILES string of the molecule is Cc1ccc(-c2ccc(C(C)(c3ccc(O)cc3)c3ccc(O)cc3)cc2)cc1. The summed E-state index contributed by atoms with van der Waals surface area (Å²) in [6.07, 6.45) is 0. The number of aromatic hydroxyl groups is 2. The van der Waals surface area contributed by atoms with E-state index in [1.54, 1.807) is 24.3 Å². The Labute approximate surface area is 171 Å². The number of rotatable bonds is 4. The maximum absolute atomic E-state index is 9.75. The molecule has 0 saturated heterocycles. The molecule has 0 heterocycles. The molecule has 2 nitrogen and oxygen atoms in total. The lowest BCUT2D eigenvalue weighted by atomic mass is 9.71. The van der Waals surface area contributed by atoms with Crippen LogP contribution in [0.2, 0.25) is 0 Å². The Kier molecular flexibility index (Phi) is 4.85. The van der Waals surface area contributed by atoms with Crippen LogP contribution >= 0.6 is 0 Å². The minimum Gasteiger partial charge on any atom is -0.508 e. The fraction of sp³-hybridized carbons (Fsp3) is 0.111. The predicted octanol–water partition coefficient (Wildman–Crippen LogP) is 6.43. The summed E-state index contributed by atoms with van der Waals surface area (Å²) in [6, 6.07) is 31.8. The molecule has 0 atom stereocenters. The first-order valence-electron chi connectivity index (χ1n) is 9.73. The zero-order valence-electron chi connectivity index (χ0n) is 16.6. The van der Waals surface area contributed by atoms with Gasteiger partial charge in [-0.2, -0.15) is 0 Å². The van der Waals surface area contributed by atoms with Crippen molar-refractivity contribution in [2.75, 3.05) is 0 Å². The summed E-state index contributed by atoms with van der Waals surface area (Å²) in [4.78, 5) is 0. The summed E-state index contributed by atoms with van der Waals surface area (Å²) in [6.45, 7) is 4.26. The van der Waals surface area contributed by atoms with Crippen LogP contribution in [0.5, 0.6) is 11.5 Å². The van der Waals surface area contributed by atoms with Crippen LogP contribution in [-0.2, 0) is 5.41 Å². The highest BCUT2D eigenvalue weighted by Gasteiger charge is 2.31. The van der Waals surface area contributed by atoms with Gasteiger partial charge in [0.2, 0.25) is 0 Å². The van der Waals surface area contributed by atoms with Crippen LogP contribution < -0.4 is 0 Å². The molecule has 2 heteroatoms. The average Bonchev–Trinajstić information content (AvgIpc) is 2.75. The maximum Gasteiger partial charge on any atom is 0.115 e. The van der Waals surface area contributed by atoms with Crippen molar-refractivity contribution in [2.45, 2.75) is 19.3 Å². The monoisotopic (exact) mass is 380 g/mol. The van der Waals surface area contributed by atoms with Gasteiger partial charge in [-0.1, -0.05) is 78.4 Å². The predicted molar refractivity (Wildman–Crippen MR) is 118 cm³/mol. The molecule has 0 aromatic heterocycles. The number of aryl methyl sites for hydroxylation is 1. The molecule has 4 rings (SSSR count). The van der Waals surface area contributed by atoms with Crippen LogP contribution in [0, 0.1) is 6.92 Å². The molecule has 0 fully saturated rings. The Bertz CT molecular complexity index is 1050. The molecule has 0 saturated carbocycles. The van der Waals surface area contributed by atoms with E-state index < -0.39 is 5.41 Å². The van der Waals surface area contributed by atoms with Gasteiger partial charge in [0.15, 0.2) is 0 Å². The van der Waals surface area contributed by atoms with Crippen molar-refractivity contribution in [1.82, 2.24) is 0 Å². The Hall–Kier alpha value is -3.52. The van der Waals surface area contributed by atoms with Gasteiger partial charge in [0.05, 0.1) is 0 Å². The van der Waals surface area contributed by atoms with Crippen LogP contribution in [-0.4, -0.2) is 10.2 Å². The third-order valence-electron chi connectivity index (χ3n) is 5.74. The van der Waals surface area contributed by atoms with E-state index in [9.17, 15) is 10.2 Å². The van der Waals surface area contributed by atoms with Crippen LogP contribution in [0.3, 0.4) is 0 Å². The van der Waals surface area contributed by atoms with E-state index in [2.05, 4.69) is 62.4 Å². The van der Waals surface area contributed by atoms with Crippen molar-refractivity contribution < 1.29 is 10.2 Å². The third-order valence-corrected chi connectivity index (χ3v) is 5.74. The smallest absolute Gasteiger partial charge is 0.115 e. The molecule has 0 radical (unpaired) electrons. The van der Waals surface area contributed by atoms with Gasteiger partial charge in [0, 0.05) is 5.41 Å². The lowest BCUT2D eigenvalue weighted by Gasteiger charge is -2.32. The summed E-state index contributed by atoms with van der Waals surface area (Å²) in [5.74, 6) is 0.494. The zero-order chi connectivity index (χ0) is 20.4. The molecule has 144 valence electrons. The molecule has 0 unspecified atom stereocenters. The standard InChI is InChI=1S/C27H24O2/c1-19-3-5-20(6-4-19)21-7-9-22(10-8-21)27(2,23-11-15-25(28)16-12-23)24-13-17-26(29)18-14-24/h3-18,28-29H,1-2H3. The molecule has 4 aromatic carbocycles. The van der Waals surface area contributed by atoms with E-state index in [1.165, 1.54) is 16.7 Å². The minimum atomic E-state index is -0.423. The number of phenols is 2. The van der Waals surface area contributed by atoms with Crippen molar-refractivity contribution in [3.63, 3.8) is 0 Å². The molecule has 29 heavy (non-hydrogen) atoms. The normalized spacial score (nSPS) is 11.4. The van der Waals surface area contributed by atoms with Crippen LogP contribution in [0.25, 0.3) is 11.1 Å². The van der Waals surface area contributed by atoms with E-state index in [4.69, 9.17) is 0 Å². The minimum absolute atomic E-state index is 0.247. The maximum atomic E-state index is 9.75. The van der Waals surface area contributed by atoms with Crippen molar-refractivity contribution in [2.24, 2.45) is 0 Å². The molecule has 0 spiro atoms. The Morgan fingerprint density at radius 3 is 1.17 bits per heavy atom. The van der Waals surface area contributed by atoms with Crippen molar-refractivity contribution in [3.8, 4) is 22.6 Å². The first-order valence-corrected chi connectivity index (χ1v) is 9.73. The molecule has 2 N–H and O–H groups in total. The van der Waals surface area contributed by atoms with Gasteiger partial charge in [-0.15, -0.1) is 0 Å². The number of benzene rings is 4. The molecular weight excluding hydrogens is 356 g/mol. The molecule has 0 aliphatic rings. The summed E-state index contributed by atoms with van der Waals surface area (Å²) in [5, 5.41) is 19.5. The number of hydrogen-bond donors (Lipinski definition) is 2. The second-order valence-corrected chi connectivity index (χ2v) is 7.66. The second kappa shape index (κ2) is 7.48. The molecule has 0 amide bonds. The number of phenolic OH excluding ortho intramolecular Hbond substituents is 2. The average molecular weight is 380 g/mol. The quantitative estimate of drug-likeness (QED) is 0.401. The van der Waals surface area contributed by atoms with Crippen molar-refractivity contribution in [3.05, 3.63) is 119 Å². The molecule has 0 aliphatic carbocycles. The Morgan fingerprint density at radius 2 is 0.793 bits per heavy atom. The topological polar surface area (TPSA) is 40.5 Å². The van der Waals surface area contributed by atoms with Crippen LogP contribution in [0.15, 0.2) is 97.1 Å². The highest BCUT2D eigenvalue weighted by Crippen LogP contribution is 2.40. The Morgan fingerprint density at radius 1 is 0.483 bits per heavy atom. The number of hydrogen-bond acceptors (Lipinski definition) is 2. The lowest BCUT2D eigenvalue weighted by molar-refractivity contribution is 0.474. The molecule has 4 aromatic rings. The van der Waals surface area contributed by atoms with Gasteiger partial charge in [0.1, 0.15) is 11.5 Å². The first kappa shape index (κ1) is 18.8. The highest BCUT2D eigenvalue weighted by molar-refractivity contribution is 5.65. The second-order valence-electron chi connectivity index (χ2n) is 7.66. The van der Waals surface area contributed by atoms with Gasteiger partial charge in [0.25, 0.3) is 0 Å². The van der Waals surface area contributed by atoms with E-state index in [0.29, 0.717) is 0 Å². The summed E-state index contributed by atoms with van der Waals surface area (Å²) in [5.41, 5.74) is 6.48. The van der Waals surface area contributed by atoms with Gasteiger partial charge in [-0.05, 0) is 65.9 Å². The van der Waals surface area contributed by atoms with Gasteiger partial charge >= 0.3 is 0 Å². The van der Waals surface area contributed by atoms with E-state index in [1.807, 2.05) is 24.3 Å². The third kappa shape index (κ3) is 3.62. The van der Waals surface area contributed by atoms with E-state index in [0.717, 1.165) is 16.7 Å². The summed E-state index contributed by atoms with van der Waals surface area (Å²) < 4.78 is 0. The van der Waals surface area contributed by atoms with E-state index in [-0.39, 0.29) is 11.5 Å². The van der Waals surface area contributed by atoms with E-state index >= 15 is 0 Å². The summed E-state index contributed by atoms with van der Waals surface area (Å²) in [7, 11) is 0. The van der Waals surface area contributed by atoms with Gasteiger partial charge in [-0.25, -0.2) is 0 Å². The fourth-order valence-corrected chi connectivity index (χ4v) is 3.83. The first-order chi connectivity index (χ1) is 14.0.